The van der Waals surface area contributed by atoms with Crippen LogP contribution in [0.4, 0.5) is 0 Å². The van der Waals surface area contributed by atoms with Gasteiger partial charge in [-0.2, -0.15) is 4.98 Å². The third-order valence-electron chi connectivity index (χ3n) is 1.74. The summed E-state index contributed by atoms with van der Waals surface area (Å²) < 4.78 is 1.87. The van der Waals surface area contributed by atoms with E-state index in [9.17, 15) is 0 Å². The SMILES string of the molecule is CCn1cnc2nc(Cl)nc(Cl)c21. The maximum atomic E-state index is 5.89. The lowest BCUT2D eigenvalue weighted by molar-refractivity contribution is 0.785. The number of fused-ring (bicyclic) bond motifs is 1. The van der Waals surface area contributed by atoms with Crippen LogP contribution in [0, 0.1) is 0 Å². The van der Waals surface area contributed by atoms with Gasteiger partial charge in [-0.05, 0) is 18.5 Å². The van der Waals surface area contributed by atoms with Crippen molar-refractivity contribution < 1.29 is 0 Å². The molecule has 2 aromatic rings. The van der Waals surface area contributed by atoms with E-state index in [1.165, 1.54) is 0 Å². The summed E-state index contributed by atoms with van der Waals surface area (Å²) in [7, 11) is 0. The van der Waals surface area contributed by atoms with Crippen LogP contribution in [0.15, 0.2) is 6.33 Å². The molecule has 0 aliphatic carbocycles. The van der Waals surface area contributed by atoms with Gasteiger partial charge in [0.2, 0.25) is 5.28 Å². The number of nitrogens with zero attached hydrogens (tertiary/aromatic N) is 4. The monoisotopic (exact) mass is 216 g/mol. The van der Waals surface area contributed by atoms with Gasteiger partial charge in [0.05, 0.1) is 6.33 Å². The molecule has 4 nitrogen and oxygen atoms in total. The molecule has 0 aliphatic heterocycles. The van der Waals surface area contributed by atoms with Gasteiger partial charge in [0, 0.05) is 6.54 Å². The van der Waals surface area contributed by atoms with Crippen LogP contribution in [0.2, 0.25) is 10.4 Å². The molecule has 2 aromatic heterocycles. The van der Waals surface area contributed by atoms with Crippen LogP contribution >= 0.6 is 23.2 Å². The Morgan fingerprint density at radius 1 is 1.38 bits per heavy atom. The van der Waals surface area contributed by atoms with Gasteiger partial charge in [0.1, 0.15) is 5.52 Å². The third kappa shape index (κ3) is 1.36. The smallest absolute Gasteiger partial charge is 0.225 e. The molecule has 68 valence electrons. The van der Waals surface area contributed by atoms with Crippen LogP contribution in [-0.4, -0.2) is 19.5 Å². The largest absolute Gasteiger partial charge is 0.327 e. The summed E-state index contributed by atoms with van der Waals surface area (Å²) in [6.07, 6.45) is 1.67. The number of hydrogen-bond acceptors (Lipinski definition) is 3. The second-order valence-electron chi connectivity index (χ2n) is 2.49. The Morgan fingerprint density at radius 3 is 2.85 bits per heavy atom. The average molecular weight is 217 g/mol. The second-order valence-corrected chi connectivity index (χ2v) is 3.18. The first-order valence-corrected chi connectivity index (χ1v) is 4.52. The zero-order valence-electron chi connectivity index (χ0n) is 6.83. The van der Waals surface area contributed by atoms with Gasteiger partial charge in [0.15, 0.2) is 10.8 Å². The molecule has 0 unspecified atom stereocenters. The minimum Gasteiger partial charge on any atom is -0.327 e. The van der Waals surface area contributed by atoms with E-state index in [2.05, 4.69) is 15.0 Å². The summed E-state index contributed by atoms with van der Waals surface area (Å²) >= 11 is 11.5. The van der Waals surface area contributed by atoms with Crippen molar-refractivity contribution in [3.8, 4) is 0 Å². The van der Waals surface area contributed by atoms with E-state index in [0.717, 1.165) is 12.1 Å². The molecule has 0 bridgehead atoms. The fraction of sp³-hybridized carbons (Fsp3) is 0.286. The van der Waals surface area contributed by atoms with Crippen LogP contribution in [-0.2, 0) is 6.54 Å². The summed E-state index contributed by atoms with van der Waals surface area (Å²) in [5, 5.41) is 0.466. The highest BCUT2D eigenvalue weighted by molar-refractivity contribution is 6.35. The van der Waals surface area contributed by atoms with E-state index >= 15 is 0 Å². The van der Waals surface area contributed by atoms with Gasteiger partial charge in [-0.1, -0.05) is 11.6 Å². The van der Waals surface area contributed by atoms with Crippen molar-refractivity contribution in [3.63, 3.8) is 0 Å². The van der Waals surface area contributed by atoms with Crippen molar-refractivity contribution in [1.82, 2.24) is 19.5 Å². The van der Waals surface area contributed by atoms with E-state index in [0.29, 0.717) is 10.8 Å². The fourth-order valence-corrected chi connectivity index (χ4v) is 1.63. The van der Waals surface area contributed by atoms with Crippen molar-refractivity contribution in [2.24, 2.45) is 0 Å². The van der Waals surface area contributed by atoms with Crippen LogP contribution in [0.3, 0.4) is 0 Å². The lowest BCUT2D eigenvalue weighted by atomic mass is 10.5. The van der Waals surface area contributed by atoms with Gasteiger partial charge in [-0.15, -0.1) is 0 Å². The number of hydrogen-bond donors (Lipinski definition) is 0. The number of imidazole rings is 1. The van der Waals surface area contributed by atoms with Crippen LogP contribution in [0.25, 0.3) is 11.2 Å². The van der Waals surface area contributed by atoms with Crippen molar-refractivity contribution >= 4 is 34.4 Å². The highest BCUT2D eigenvalue weighted by Gasteiger charge is 2.09. The first-order valence-electron chi connectivity index (χ1n) is 3.76. The molecule has 0 aromatic carbocycles. The number of halogens is 2. The van der Waals surface area contributed by atoms with Crippen molar-refractivity contribution in [3.05, 3.63) is 16.8 Å². The summed E-state index contributed by atoms with van der Waals surface area (Å²) in [6, 6.07) is 0. The van der Waals surface area contributed by atoms with Gasteiger partial charge < -0.3 is 4.57 Å². The molecule has 2 rings (SSSR count). The van der Waals surface area contributed by atoms with Crippen LogP contribution in [0.1, 0.15) is 6.92 Å². The summed E-state index contributed by atoms with van der Waals surface area (Å²) in [5.74, 6) is 0. The number of rotatable bonds is 1. The maximum Gasteiger partial charge on any atom is 0.225 e. The Balaban J connectivity index is 2.82. The quantitative estimate of drug-likeness (QED) is 0.543. The Labute approximate surface area is 84.5 Å². The molecule has 0 spiro atoms. The van der Waals surface area contributed by atoms with E-state index in [4.69, 9.17) is 23.2 Å². The lowest BCUT2D eigenvalue weighted by Gasteiger charge is -1.99. The highest BCUT2D eigenvalue weighted by atomic mass is 35.5. The summed E-state index contributed by atoms with van der Waals surface area (Å²) in [5.41, 5.74) is 1.26. The molecule has 0 fully saturated rings. The zero-order chi connectivity index (χ0) is 9.42. The molecule has 0 atom stereocenters. The van der Waals surface area contributed by atoms with Gasteiger partial charge in [0.25, 0.3) is 0 Å². The van der Waals surface area contributed by atoms with Crippen molar-refractivity contribution in [2.75, 3.05) is 0 Å². The first-order chi connectivity index (χ1) is 6.22. The Bertz CT molecular complexity index is 451. The number of aromatic nitrogens is 4. The Kier molecular flexibility index (Phi) is 2.09. The van der Waals surface area contributed by atoms with Gasteiger partial charge >= 0.3 is 0 Å². The highest BCUT2D eigenvalue weighted by Crippen LogP contribution is 2.20. The van der Waals surface area contributed by atoms with E-state index in [-0.39, 0.29) is 5.28 Å². The van der Waals surface area contributed by atoms with Crippen molar-refractivity contribution in [2.45, 2.75) is 13.5 Å². The maximum absolute atomic E-state index is 5.89. The molecule has 2 heterocycles. The molecule has 0 N–H and O–H groups in total. The van der Waals surface area contributed by atoms with Gasteiger partial charge in [-0.25, -0.2) is 9.97 Å². The molecule has 6 heteroatoms. The van der Waals surface area contributed by atoms with Gasteiger partial charge in [-0.3, -0.25) is 0 Å². The van der Waals surface area contributed by atoms with Crippen LogP contribution in [0.5, 0.6) is 0 Å². The topological polar surface area (TPSA) is 43.6 Å². The molecule has 0 amide bonds. The first kappa shape index (κ1) is 8.72. The minimum absolute atomic E-state index is 0.124. The second kappa shape index (κ2) is 3.12. The Morgan fingerprint density at radius 2 is 2.15 bits per heavy atom. The predicted octanol–water partition coefficient (Wildman–Crippen LogP) is 2.15. The lowest BCUT2D eigenvalue weighted by Crippen LogP contribution is -1.94. The molecular formula is C7H6Cl2N4. The molecule has 0 saturated heterocycles. The minimum atomic E-state index is 0.124. The molecule has 13 heavy (non-hydrogen) atoms. The Hall–Kier alpha value is -0.870. The molecule has 0 radical (unpaired) electrons. The molecule has 0 aliphatic rings. The number of aryl methyl sites for hydroxylation is 1. The molecular weight excluding hydrogens is 211 g/mol. The average Bonchev–Trinajstić information content (AvgIpc) is 2.47. The predicted molar refractivity (Wildman–Crippen MR) is 51.0 cm³/mol. The zero-order valence-corrected chi connectivity index (χ0v) is 8.34. The normalized spacial score (nSPS) is 11.0. The summed E-state index contributed by atoms with van der Waals surface area (Å²) in [6.45, 7) is 2.77. The van der Waals surface area contributed by atoms with E-state index < -0.39 is 0 Å². The van der Waals surface area contributed by atoms with Crippen molar-refractivity contribution in [1.29, 1.82) is 0 Å². The summed E-state index contributed by atoms with van der Waals surface area (Å²) in [4.78, 5) is 11.8. The van der Waals surface area contributed by atoms with E-state index in [1.807, 2.05) is 11.5 Å². The van der Waals surface area contributed by atoms with E-state index in [1.54, 1.807) is 6.33 Å². The van der Waals surface area contributed by atoms with Crippen LogP contribution < -0.4 is 0 Å². The molecule has 0 saturated carbocycles. The standard InChI is InChI=1S/C7H6Cl2N4/c1-2-13-3-10-6-4(13)5(8)11-7(9)12-6/h3H,2H2,1H3. The third-order valence-corrected chi connectivity index (χ3v) is 2.18. The fourth-order valence-electron chi connectivity index (χ4n) is 1.15.